The molecule has 80 valence electrons. The van der Waals surface area contributed by atoms with Gasteiger partial charge in [-0.2, -0.15) is 0 Å². The van der Waals surface area contributed by atoms with Crippen LogP contribution in [0, 0.1) is 0 Å². The fourth-order valence-corrected chi connectivity index (χ4v) is 1.50. The van der Waals surface area contributed by atoms with Crippen LogP contribution in [0.1, 0.15) is 50.9 Å². The van der Waals surface area contributed by atoms with Crippen molar-refractivity contribution in [2.75, 3.05) is 0 Å². The third-order valence-corrected chi connectivity index (χ3v) is 2.29. The fourth-order valence-electron chi connectivity index (χ4n) is 1.50. The van der Waals surface area contributed by atoms with Gasteiger partial charge in [-0.15, -0.1) is 0 Å². The second kappa shape index (κ2) is 4.00. The molecule has 0 aliphatic rings. The lowest BCUT2D eigenvalue weighted by Crippen LogP contribution is -2.20. The van der Waals surface area contributed by atoms with E-state index in [1.807, 2.05) is 27.7 Å². The van der Waals surface area contributed by atoms with E-state index in [1.54, 1.807) is 4.68 Å². The van der Waals surface area contributed by atoms with Crippen LogP contribution in [0.25, 0.3) is 0 Å². The van der Waals surface area contributed by atoms with Gasteiger partial charge >= 0.3 is 0 Å². The summed E-state index contributed by atoms with van der Waals surface area (Å²) in [7, 11) is 0. The average Bonchev–Trinajstić information content (AvgIpc) is 2.42. The number of hydrogen-bond donors (Lipinski definition) is 2. The fraction of sp³-hybridized carbons (Fsp3) is 0.700. The highest BCUT2D eigenvalue weighted by molar-refractivity contribution is 5.19. The highest BCUT2D eigenvalue weighted by Gasteiger charge is 2.16. The molecule has 1 heterocycles. The van der Waals surface area contributed by atoms with Gasteiger partial charge in [-0.3, -0.25) is 14.6 Å². The Morgan fingerprint density at radius 1 is 1.36 bits per heavy atom. The first-order chi connectivity index (χ1) is 6.49. The zero-order chi connectivity index (χ0) is 10.9. The summed E-state index contributed by atoms with van der Waals surface area (Å²) in [5.41, 5.74) is 1.23. The van der Waals surface area contributed by atoms with Crippen molar-refractivity contribution in [1.29, 1.82) is 0 Å². The number of H-pyrrole nitrogens is 1. The standard InChI is InChI=1S/C10H18N2O2/c1-6(2)9-8(5-13)10(14)12(11-9)7(3)4/h6-7,11,13H,5H2,1-4H3. The lowest BCUT2D eigenvalue weighted by molar-refractivity contribution is 0.278. The van der Waals surface area contributed by atoms with Crippen molar-refractivity contribution in [2.45, 2.75) is 46.3 Å². The Bertz CT molecular complexity index is 361. The summed E-state index contributed by atoms with van der Waals surface area (Å²) in [5.74, 6) is 0.227. The van der Waals surface area contributed by atoms with E-state index in [1.165, 1.54) is 0 Å². The Kier molecular flexibility index (Phi) is 3.16. The van der Waals surface area contributed by atoms with Crippen LogP contribution in [0.15, 0.2) is 4.79 Å². The molecular weight excluding hydrogens is 180 g/mol. The van der Waals surface area contributed by atoms with Gasteiger partial charge in [0, 0.05) is 11.7 Å². The average molecular weight is 198 g/mol. The van der Waals surface area contributed by atoms with Crippen LogP contribution in [0.3, 0.4) is 0 Å². The quantitative estimate of drug-likeness (QED) is 0.770. The Labute approximate surface area is 83.5 Å². The number of hydrogen-bond acceptors (Lipinski definition) is 2. The molecule has 0 amide bonds. The third kappa shape index (κ3) is 1.75. The van der Waals surface area contributed by atoms with Gasteiger partial charge in [0.15, 0.2) is 0 Å². The molecule has 0 unspecified atom stereocenters. The lowest BCUT2D eigenvalue weighted by Gasteiger charge is -2.06. The van der Waals surface area contributed by atoms with Crippen LogP contribution in [0.2, 0.25) is 0 Å². The van der Waals surface area contributed by atoms with Crippen molar-refractivity contribution in [3.05, 3.63) is 21.6 Å². The van der Waals surface area contributed by atoms with Gasteiger partial charge in [0.25, 0.3) is 5.56 Å². The molecule has 2 N–H and O–H groups in total. The van der Waals surface area contributed by atoms with Crippen LogP contribution < -0.4 is 5.56 Å². The Hall–Kier alpha value is -1.03. The maximum absolute atomic E-state index is 11.7. The number of nitrogens with zero attached hydrogens (tertiary/aromatic N) is 1. The van der Waals surface area contributed by atoms with Crippen molar-refractivity contribution >= 4 is 0 Å². The number of aliphatic hydroxyl groups excluding tert-OH is 1. The highest BCUT2D eigenvalue weighted by atomic mass is 16.3. The molecule has 4 heteroatoms. The van der Waals surface area contributed by atoms with Gasteiger partial charge in [-0.05, 0) is 19.8 Å². The summed E-state index contributed by atoms with van der Waals surface area (Å²) in [4.78, 5) is 11.7. The SMILES string of the molecule is CC(C)c1[nH]n(C(C)C)c(=O)c1CO. The van der Waals surface area contributed by atoms with E-state index in [4.69, 9.17) is 5.11 Å². The largest absolute Gasteiger partial charge is 0.391 e. The maximum atomic E-state index is 11.7. The van der Waals surface area contributed by atoms with Crippen molar-refractivity contribution in [2.24, 2.45) is 0 Å². The first kappa shape index (κ1) is 11.0. The zero-order valence-electron chi connectivity index (χ0n) is 9.16. The topological polar surface area (TPSA) is 58.0 Å². The molecule has 0 aliphatic carbocycles. The van der Waals surface area contributed by atoms with E-state index >= 15 is 0 Å². The van der Waals surface area contributed by atoms with Gasteiger partial charge < -0.3 is 5.11 Å². The van der Waals surface area contributed by atoms with Crippen LogP contribution in [0.5, 0.6) is 0 Å². The van der Waals surface area contributed by atoms with E-state index in [9.17, 15) is 4.79 Å². The van der Waals surface area contributed by atoms with Crippen LogP contribution >= 0.6 is 0 Å². The Balaban J connectivity index is 3.32. The second-order valence-corrected chi connectivity index (χ2v) is 4.09. The number of aromatic amines is 1. The predicted molar refractivity (Wildman–Crippen MR) is 55.4 cm³/mol. The molecular formula is C10H18N2O2. The first-order valence-electron chi connectivity index (χ1n) is 4.93. The maximum Gasteiger partial charge on any atom is 0.272 e. The van der Waals surface area contributed by atoms with E-state index in [0.29, 0.717) is 5.56 Å². The van der Waals surface area contributed by atoms with Gasteiger partial charge in [-0.1, -0.05) is 13.8 Å². The third-order valence-electron chi connectivity index (χ3n) is 2.29. The highest BCUT2D eigenvalue weighted by Crippen LogP contribution is 2.15. The van der Waals surface area contributed by atoms with E-state index in [-0.39, 0.29) is 24.1 Å². The summed E-state index contributed by atoms with van der Waals surface area (Å²) in [6, 6.07) is 0.0975. The molecule has 14 heavy (non-hydrogen) atoms. The van der Waals surface area contributed by atoms with E-state index in [0.717, 1.165) is 5.69 Å². The van der Waals surface area contributed by atoms with Crippen LogP contribution in [0.4, 0.5) is 0 Å². The Morgan fingerprint density at radius 2 is 1.93 bits per heavy atom. The minimum atomic E-state index is -0.192. The molecule has 1 aromatic rings. The van der Waals surface area contributed by atoms with Crippen molar-refractivity contribution < 1.29 is 5.11 Å². The second-order valence-electron chi connectivity index (χ2n) is 4.09. The number of aromatic nitrogens is 2. The van der Waals surface area contributed by atoms with Gasteiger partial charge in [-0.25, -0.2) is 0 Å². The van der Waals surface area contributed by atoms with E-state index in [2.05, 4.69) is 5.10 Å². The van der Waals surface area contributed by atoms with E-state index < -0.39 is 0 Å². The molecule has 0 aromatic carbocycles. The zero-order valence-corrected chi connectivity index (χ0v) is 9.16. The molecule has 0 aliphatic heterocycles. The van der Waals surface area contributed by atoms with Gasteiger partial charge in [0.2, 0.25) is 0 Å². The lowest BCUT2D eigenvalue weighted by atomic mass is 10.1. The predicted octanol–water partition coefficient (Wildman–Crippen LogP) is 1.37. The molecule has 0 fully saturated rings. The van der Waals surface area contributed by atoms with Crippen molar-refractivity contribution in [3.63, 3.8) is 0 Å². The summed E-state index contributed by atoms with van der Waals surface area (Å²) < 4.78 is 1.56. The smallest absolute Gasteiger partial charge is 0.272 e. The molecule has 0 saturated heterocycles. The summed E-state index contributed by atoms with van der Waals surface area (Å²) >= 11 is 0. The minimum absolute atomic E-state index is 0.0975. The molecule has 0 spiro atoms. The monoisotopic (exact) mass is 198 g/mol. The van der Waals surface area contributed by atoms with Gasteiger partial charge in [0.05, 0.1) is 12.2 Å². The minimum Gasteiger partial charge on any atom is -0.391 e. The normalized spacial score (nSPS) is 11.6. The van der Waals surface area contributed by atoms with Crippen LogP contribution in [-0.4, -0.2) is 14.9 Å². The molecule has 4 nitrogen and oxygen atoms in total. The van der Waals surface area contributed by atoms with Crippen LogP contribution in [-0.2, 0) is 6.61 Å². The van der Waals surface area contributed by atoms with Crippen molar-refractivity contribution in [3.8, 4) is 0 Å². The van der Waals surface area contributed by atoms with Crippen molar-refractivity contribution in [1.82, 2.24) is 9.78 Å². The number of rotatable bonds is 3. The molecule has 0 saturated carbocycles. The molecule has 0 radical (unpaired) electrons. The summed E-state index contributed by atoms with van der Waals surface area (Å²) in [5, 5.41) is 12.2. The van der Waals surface area contributed by atoms with Gasteiger partial charge in [0.1, 0.15) is 0 Å². The summed E-state index contributed by atoms with van der Waals surface area (Å²) in [6.07, 6.45) is 0. The number of aliphatic hydroxyl groups is 1. The molecule has 0 atom stereocenters. The number of nitrogens with one attached hydrogen (secondary N) is 1. The first-order valence-corrected chi connectivity index (χ1v) is 4.93. The molecule has 0 bridgehead atoms. The summed E-state index contributed by atoms with van der Waals surface area (Å²) in [6.45, 7) is 7.67. The Morgan fingerprint density at radius 3 is 2.21 bits per heavy atom. The molecule has 1 aromatic heterocycles. The molecule has 1 rings (SSSR count).